The Hall–Kier alpha value is -1.59. The number of benzene rings is 1. The lowest BCUT2D eigenvalue weighted by Crippen LogP contribution is -2.47. The Kier molecular flexibility index (Phi) is 5.32. The lowest BCUT2D eigenvalue weighted by molar-refractivity contribution is -0.120. The normalized spacial score (nSPS) is 21.9. The SMILES string of the molecule is COc1ccc(CNC(=O)CN[C@@H]2CC(C)(C)OC2(C)C)cc1. The molecular weight excluding hydrogens is 292 g/mol. The Labute approximate surface area is 138 Å². The molecule has 1 aliphatic heterocycles. The topological polar surface area (TPSA) is 59.6 Å². The van der Waals surface area contributed by atoms with Crippen LogP contribution in [-0.4, -0.2) is 36.8 Å². The first kappa shape index (κ1) is 17.8. The van der Waals surface area contributed by atoms with Crippen molar-refractivity contribution in [3.63, 3.8) is 0 Å². The molecule has 0 unspecified atom stereocenters. The molecule has 2 N–H and O–H groups in total. The maximum atomic E-state index is 12.0. The number of rotatable bonds is 6. The molecule has 1 atom stereocenters. The third-order valence-electron chi connectivity index (χ3n) is 4.23. The van der Waals surface area contributed by atoms with Crippen LogP contribution in [0.25, 0.3) is 0 Å². The summed E-state index contributed by atoms with van der Waals surface area (Å²) in [6.07, 6.45) is 0.895. The van der Waals surface area contributed by atoms with E-state index in [1.54, 1.807) is 7.11 Å². The summed E-state index contributed by atoms with van der Waals surface area (Å²) in [5.74, 6) is 0.800. The van der Waals surface area contributed by atoms with E-state index in [1.807, 2.05) is 24.3 Å². The monoisotopic (exact) mass is 320 g/mol. The van der Waals surface area contributed by atoms with Crippen molar-refractivity contribution >= 4 is 5.91 Å². The highest BCUT2D eigenvalue weighted by atomic mass is 16.5. The first-order valence-corrected chi connectivity index (χ1v) is 8.05. The van der Waals surface area contributed by atoms with Crippen molar-refractivity contribution in [2.75, 3.05) is 13.7 Å². The fraction of sp³-hybridized carbons (Fsp3) is 0.611. The van der Waals surface area contributed by atoms with Gasteiger partial charge in [-0.15, -0.1) is 0 Å². The van der Waals surface area contributed by atoms with Gasteiger partial charge in [-0.3, -0.25) is 4.79 Å². The molecule has 1 fully saturated rings. The van der Waals surface area contributed by atoms with Crippen molar-refractivity contribution in [2.45, 2.75) is 57.9 Å². The second-order valence-corrected chi connectivity index (χ2v) is 7.23. The first-order chi connectivity index (χ1) is 10.7. The van der Waals surface area contributed by atoms with Gasteiger partial charge >= 0.3 is 0 Å². The van der Waals surface area contributed by atoms with E-state index in [4.69, 9.17) is 9.47 Å². The molecule has 0 aromatic heterocycles. The van der Waals surface area contributed by atoms with Crippen molar-refractivity contribution in [1.29, 1.82) is 0 Å². The minimum Gasteiger partial charge on any atom is -0.497 e. The molecule has 128 valence electrons. The number of ether oxygens (including phenoxy) is 2. The molecule has 0 bridgehead atoms. The smallest absolute Gasteiger partial charge is 0.234 e. The van der Waals surface area contributed by atoms with E-state index in [0.717, 1.165) is 17.7 Å². The number of amides is 1. The van der Waals surface area contributed by atoms with Crippen LogP contribution in [0, 0.1) is 0 Å². The van der Waals surface area contributed by atoms with Crippen molar-refractivity contribution in [3.05, 3.63) is 29.8 Å². The van der Waals surface area contributed by atoms with Crippen LogP contribution >= 0.6 is 0 Å². The zero-order chi connectivity index (χ0) is 17.1. The van der Waals surface area contributed by atoms with E-state index in [0.29, 0.717) is 13.1 Å². The number of carbonyl (C=O) groups is 1. The molecule has 0 spiro atoms. The molecule has 1 saturated heterocycles. The lowest BCUT2D eigenvalue weighted by Gasteiger charge is -2.27. The highest BCUT2D eigenvalue weighted by molar-refractivity contribution is 5.78. The number of carbonyl (C=O) groups excluding carboxylic acids is 1. The summed E-state index contributed by atoms with van der Waals surface area (Å²) < 4.78 is 11.1. The minimum atomic E-state index is -0.264. The molecule has 23 heavy (non-hydrogen) atoms. The minimum absolute atomic E-state index is 0.0127. The third-order valence-corrected chi connectivity index (χ3v) is 4.23. The zero-order valence-corrected chi connectivity index (χ0v) is 14.7. The van der Waals surface area contributed by atoms with E-state index < -0.39 is 0 Å². The molecule has 0 radical (unpaired) electrons. The van der Waals surface area contributed by atoms with Crippen molar-refractivity contribution in [1.82, 2.24) is 10.6 Å². The summed E-state index contributed by atoms with van der Waals surface area (Å²) in [5, 5.41) is 6.25. The van der Waals surface area contributed by atoms with Crippen LogP contribution in [0.2, 0.25) is 0 Å². The van der Waals surface area contributed by atoms with Crippen LogP contribution in [0.4, 0.5) is 0 Å². The Morgan fingerprint density at radius 1 is 1.26 bits per heavy atom. The van der Waals surface area contributed by atoms with E-state index in [2.05, 4.69) is 38.3 Å². The highest BCUT2D eigenvalue weighted by Crippen LogP contribution is 2.37. The summed E-state index contributed by atoms with van der Waals surface area (Å²) in [6.45, 7) is 9.11. The van der Waals surface area contributed by atoms with Gasteiger partial charge in [0.1, 0.15) is 5.75 Å². The van der Waals surface area contributed by atoms with Crippen LogP contribution < -0.4 is 15.4 Å². The molecule has 1 amide bonds. The summed E-state index contributed by atoms with van der Waals surface area (Å²) in [4.78, 5) is 12.0. The van der Waals surface area contributed by atoms with Gasteiger partial charge in [0.25, 0.3) is 0 Å². The fourth-order valence-electron chi connectivity index (χ4n) is 3.10. The molecule has 1 aliphatic rings. The van der Waals surface area contributed by atoms with Crippen LogP contribution in [-0.2, 0) is 16.1 Å². The average molecular weight is 320 g/mol. The third kappa shape index (κ3) is 4.94. The molecule has 0 aliphatic carbocycles. The van der Waals surface area contributed by atoms with Gasteiger partial charge < -0.3 is 20.1 Å². The zero-order valence-electron chi connectivity index (χ0n) is 14.7. The van der Waals surface area contributed by atoms with Gasteiger partial charge in [0.15, 0.2) is 0 Å². The summed E-state index contributed by atoms with van der Waals surface area (Å²) in [6, 6.07) is 7.84. The maximum absolute atomic E-state index is 12.0. The molecule has 0 saturated carbocycles. The first-order valence-electron chi connectivity index (χ1n) is 8.05. The predicted molar refractivity (Wildman–Crippen MR) is 90.5 cm³/mol. The van der Waals surface area contributed by atoms with Gasteiger partial charge in [-0.25, -0.2) is 0 Å². The Morgan fingerprint density at radius 3 is 2.43 bits per heavy atom. The quantitative estimate of drug-likeness (QED) is 0.844. The molecule has 5 nitrogen and oxygen atoms in total. The van der Waals surface area contributed by atoms with Gasteiger partial charge in [-0.1, -0.05) is 12.1 Å². The van der Waals surface area contributed by atoms with Crippen molar-refractivity contribution < 1.29 is 14.3 Å². The number of methoxy groups -OCH3 is 1. The summed E-state index contributed by atoms with van der Waals surface area (Å²) >= 11 is 0. The van der Waals surface area contributed by atoms with Crippen molar-refractivity contribution in [2.24, 2.45) is 0 Å². The van der Waals surface area contributed by atoms with Crippen LogP contribution in [0.1, 0.15) is 39.7 Å². The van der Waals surface area contributed by atoms with E-state index in [9.17, 15) is 4.79 Å². The Morgan fingerprint density at radius 2 is 1.91 bits per heavy atom. The second-order valence-electron chi connectivity index (χ2n) is 7.23. The Bertz CT molecular complexity index is 538. The maximum Gasteiger partial charge on any atom is 0.234 e. The second kappa shape index (κ2) is 6.89. The molecule has 1 aromatic carbocycles. The molecule has 5 heteroatoms. The van der Waals surface area contributed by atoms with Gasteiger partial charge in [0, 0.05) is 12.6 Å². The van der Waals surface area contributed by atoms with Crippen LogP contribution in [0.3, 0.4) is 0 Å². The van der Waals surface area contributed by atoms with Gasteiger partial charge in [-0.05, 0) is 51.8 Å². The van der Waals surface area contributed by atoms with E-state index in [-0.39, 0.29) is 23.2 Å². The molecular formula is C18H28N2O3. The predicted octanol–water partition coefficient (Wildman–Crippen LogP) is 2.25. The van der Waals surface area contributed by atoms with Crippen molar-refractivity contribution in [3.8, 4) is 5.75 Å². The lowest BCUT2D eigenvalue weighted by atomic mass is 9.94. The van der Waals surface area contributed by atoms with Crippen LogP contribution in [0.15, 0.2) is 24.3 Å². The van der Waals surface area contributed by atoms with Gasteiger partial charge in [0.05, 0.1) is 24.9 Å². The van der Waals surface area contributed by atoms with E-state index >= 15 is 0 Å². The number of hydrogen-bond donors (Lipinski definition) is 2. The standard InChI is InChI=1S/C18H28N2O3/c1-17(2)10-15(18(3,4)23-17)19-12-16(21)20-11-13-6-8-14(22-5)9-7-13/h6-9,15,19H,10-12H2,1-5H3,(H,20,21)/t15-/m1/s1. The largest absolute Gasteiger partial charge is 0.497 e. The fourth-order valence-corrected chi connectivity index (χ4v) is 3.10. The molecule has 1 heterocycles. The average Bonchev–Trinajstić information content (AvgIpc) is 2.70. The highest BCUT2D eigenvalue weighted by Gasteiger charge is 2.45. The molecule has 1 aromatic rings. The summed E-state index contributed by atoms with van der Waals surface area (Å²) in [5.41, 5.74) is 0.630. The van der Waals surface area contributed by atoms with Crippen LogP contribution in [0.5, 0.6) is 5.75 Å². The Balaban J connectivity index is 1.77. The number of hydrogen-bond acceptors (Lipinski definition) is 4. The molecule has 2 rings (SSSR count). The number of nitrogens with one attached hydrogen (secondary N) is 2. The summed E-state index contributed by atoms with van der Waals surface area (Å²) in [7, 11) is 1.64. The van der Waals surface area contributed by atoms with E-state index in [1.165, 1.54) is 0 Å². The van der Waals surface area contributed by atoms with Gasteiger partial charge in [0.2, 0.25) is 5.91 Å². The van der Waals surface area contributed by atoms with Gasteiger partial charge in [-0.2, -0.15) is 0 Å².